The van der Waals surface area contributed by atoms with Crippen molar-refractivity contribution in [1.29, 1.82) is 0 Å². The molecule has 0 radical (unpaired) electrons. The van der Waals surface area contributed by atoms with Gasteiger partial charge in [0.15, 0.2) is 0 Å². The maximum absolute atomic E-state index is 11.4. The molecule has 8 atom stereocenters. The number of carboxylic acid groups (broad SMARTS) is 1. The molecule has 6 saturated carbocycles. The Morgan fingerprint density at radius 1 is 1.15 bits per heavy atom. The van der Waals surface area contributed by atoms with Crippen molar-refractivity contribution in [2.45, 2.75) is 12.8 Å². The van der Waals surface area contributed by atoms with E-state index in [2.05, 4.69) is 0 Å². The molecule has 0 spiro atoms. The lowest BCUT2D eigenvalue weighted by Gasteiger charge is -2.70. The number of carbonyl (C=O) groups is 1. The minimum absolute atomic E-state index is 0.160. The van der Waals surface area contributed by atoms with Gasteiger partial charge in [-0.25, -0.2) is 0 Å². The highest BCUT2D eigenvalue weighted by Gasteiger charge is 2.93. The average molecular weight is 176 g/mol. The lowest BCUT2D eigenvalue weighted by atomic mass is 9.32. The molecule has 0 saturated heterocycles. The van der Waals surface area contributed by atoms with Gasteiger partial charge in [0, 0.05) is 0 Å². The first-order valence-corrected chi connectivity index (χ1v) is 5.51. The third-order valence-corrected chi connectivity index (χ3v) is 6.46. The third-order valence-electron chi connectivity index (χ3n) is 6.46. The molecule has 0 heterocycles. The summed E-state index contributed by atoms with van der Waals surface area (Å²) in [7, 11) is 0. The summed E-state index contributed by atoms with van der Waals surface area (Å²) in [6.45, 7) is 0. The summed E-state index contributed by atoms with van der Waals surface area (Å²) in [5.74, 6) is 5.01. The van der Waals surface area contributed by atoms with Crippen molar-refractivity contribution in [2.24, 2.45) is 46.8 Å². The van der Waals surface area contributed by atoms with E-state index in [0.717, 1.165) is 23.7 Å². The van der Waals surface area contributed by atoms with Crippen LogP contribution in [0.25, 0.3) is 0 Å². The van der Waals surface area contributed by atoms with E-state index in [1.54, 1.807) is 0 Å². The Bertz CT molecular complexity index is 353. The Morgan fingerprint density at radius 2 is 2.00 bits per heavy atom. The molecule has 68 valence electrons. The zero-order chi connectivity index (χ0) is 8.53. The second-order valence-corrected chi connectivity index (χ2v) is 5.94. The highest BCUT2D eigenvalue weighted by molar-refractivity contribution is 5.82. The van der Waals surface area contributed by atoms with Crippen LogP contribution >= 0.6 is 0 Å². The summed E-state index contributed by atoms with van der Waals surface area (Å²) in [5, 5.41) is 9.37. The molecule has 8 unspecified atom stereocenters. The molecular formula is C11H12O2. The van der Waals surface area contributed by atoms with Gasteiger partial charge in [0.2, 0.25) is 0 Å². The smallest absolute Gasteiger partial charge is 0.310 e. The Hall–Kier alpha value is -0.530. The van der Waals surface area contributed by atoms with Crippen LogP contribution in [0, 0.1) is 46.8 Å². The first-order valence-electron chi connectivity index (χ1n) is 5.51. The summed E-state index contributed by atoms with van der Waals surface area (Å²) < 4.78 is 0. The van der Waals surface area contributed by atoms with Crippen LogP contribution in [0.5, 0.6) is 0 Å². The second kappa shape index (κ2) is 1.27. The molecule has 0 aromatic carbocycles. The van der Waals surface area contributed by atoms with E-state index in [0.29, 0.717) is 17.8 Å². The number of hydrogen-bond acceptors (Lipinski definition) is 1. The summed E-state index contributed by atoms with van der Waals surface area (Å²) in [4.78, 5) is 11.4. The van der Waals surface area contributed by atoms with Crippen molar-refractivity contribution < 1.29 is 9.90 Å². The van der Waals surface area contributed by atoms with E-state index < -0.39 is 5.97 Å². The fraction of sp³-hybridized carbons (Fsp3) is 0.909. The highest BCUT2D eigenvalue weighted by Crippen LogP contribution is 2.93. The predicted molar refractivity (Wildman–Crippen MR) is 43.7 cm³/mol. The lowest BCUT2D eigenvalue weighted by molar-refractivity contribution is -0.261. The standard InChI is InChI=1S/C11H12O2/c12-10(13)11-6-2-4-3-1-5(8(4)11)9(11)7(3)6/h3-9H,1-2H2,(H,12,13). The van der Waals surface area contributed by atoms with Gasteiger partial charge in [-0.1, -0.05) is 0 Å². The predicted octanol–water partition coefficient (Wildman–Crippen LogP) is 1.22. The maximum Gasteiger partial charge on any atom is 0.310 e. The van der Waals surface area contributed by atoms with Gasteiger partial charge in [-0.15, -0.1) is 0 Å². The van der Waals surface area contributed by atoms with Gasteiger partial charge in [0.25, 0.3) is 0 Å². The van der Waals surface area contributed by atoms with Crippen molar-refractivity contribution in [3.8, 4) is 0 Å². The van der Waals surface area contributed by atoms with Gasteiger partial charge in [0.05, 0.1) is 5.41 Å². The SMILES string of the molecule is O=C(O)C12C3CC4C5CC(C41)C2C53. The maximum atomic E-state index is 11.4. The summed E-state index contributed by atoms with van der Waals surface area (Å²) in [6.07, 6.45) is 2.68. The molecule has 2 nitrogen and oxygen atoms in total. The highest BCUT2D eigenvalue weighted by atomic mass is 16.4. The van der Waals surface area contributed by atoms with Gasteiger partial charge in [0.1, 0.15) is 0 Å². The van der Waals surface area contributed by atoms with E-state index in [4.69, 9.17) is 0 Å². The summed E-state index contributed by atoms with van der Waals surface area (Å²) in [6, 6.07) is 0. The van der Waals surface area contributed by atoms with Gasteiger partial charge in [-0.2, -0.15) is 0 Å². The van der Waals surface area contributed by atoms with Crippen molar-refractivity contribution in [3.05, 3.63) is 0 Å². The number of carboxylic acids is 1. The Morgan fingerprint density at radius 3 is 2.69 bits per heavy atom. The zero-order valence-electron chi connectivity index (χ0n) is 7.31. The van der Waals surface area contributed by atoms with Crippen molar-refractivity contribution in [3.63, 3.8) is 0 Å². The van der Waals surface area contributed by atoms with Gasteiger partial charge < -0.3 is 5.11 Å². The molecule has 0 aliphatic heterocycles. The molecule has 13 heavy (non-hydrogen) atoms. The topological polar surface area (TPSA) is 37.3 Å². The lowest BCUT2D eigenvalue weighted by Crippen LogP contribution is -2.73. The molecule has 0 aromatic heterocycles. The Labute approximate surface area is 76.3 Å². The normalized spacial score (nSPS) is 78.3. The molecule has 2 heteroatoms. The van der Waals surface area contributed by atoms with E-state index >= 15 is 0 Å². The van der Waals surface area contributed by atoms with Gasteiger partial charge in [-0.3, -0.25) is 4.79 Å². The second-order valence-electron chi connectivity index (χ2n) is 5.94. The molecule has 1 N–H and O–H groups in total. The van der Waals surface area contributed by atoms with Crippen molar-refractivity contribution in [2.75, 3.05) is 0 Å². The monoisotopic (exact) mass is 176 g/mol. The van der Waals surface area contributed by atoms with Crippen molar-refractivity contribution >= 4 is 5.97 Å². The quantitative estimate of drug-likeness (QED) is 0.652. The minimum atomic E-state index is -0.442. The average Bonchev–Trinajstić information content (AvgIpc) is 2.52. The third kappa shape index (κ3) is 0.291. The Balaban J connectivity index is 1.82. The van der Waals surface area contributed by atoms with Crippen LogP contribution in [0.3, 0.4) is 0 Å². The molecular weight excluding hydrogens is 164 g/mol. The largest absolute Gasteiger partial charge is 0.481 e. The fourth-order valence-electron chi connectivity index (χ4n) is 6.72. The zero-order valence-corrected chi connectivity index (χ0v) is 7.31. The number of hydrogen-bond donors (Lipinski definition) is 1. The first kappa shape index (κ1) is 6.05. The Kier molecular flexibility index (Phi) is 0.591. The fourth-order valence-corrected chi connectivity index (χ4v) is 6.72. The van der Waals surface area contributed by atoms with Crippen LogP contribution in [0.4, 0.5) is 0 Å². The summed E-state index contributed by atoms with van der Waals surface area (Å²) in [5.41, 5.74) is -0.160. The van der Waals surface area contributed by atoms with Crippen LogP contribution in [0.2, 0.25) is 0 Å². The van der Waals surface area contributed by atoms with Crippen LogP contribution in [-0.4, -0.2) is 11.1 Å². The molecule has 0 aromatic rings. The molecule has 6 rings (SSSR count). The van der Waals surface area contributed by atoms with E-state index in [1.807, 2.05) is 0 Å². The van der Waals surface area contributed by atoms with E-state index in [9.17, 15) is 9.90 Å². The summed E-state index contributed by atoms with van der Waals surface area (Å²) >= 11 is 0. The molecule has 6 fully saturated rings. The first-order chi connectivity index (χ1) is 6.28. The molecule has 4 bridgehead atoms. The van der Waals surface area contributed by atoms with Crippen LogP contribution in [-0.2, 0) is 4.79 Å². The van der Waals surface area contributed by atoms with E-state index in [-0.39, 0.29) is 5.41 Å². The number of rotatable bonds is 1. The van der Waals surface area contributed by atoms with Gasteiger partial charge in [-0.05, 0) is 54.3 Å². The molecule has 0 amide bonds. The van der Waals surface area contributed by atoms with Crippen LogP contribution in [0.15, 0.2) is 0 Å². The van der Waals surface area contributed by atoms with Crippen LogP contribution in [0.1, 0.15) is 12.8 Å². The molecule has 6 aliphatic rings. The van der Waals surface area contributed by atoms with Crippen LogP contribution < -0.4 is 0 Å². The molecule has 6 aliphatic carbocycles. The van der Waals surface area contributed by atoms with Gasteiger partial charge >= 0.3 is 5.97 Å². The number of aliphatic carboxylic acids is 1. The van der Waals surface area contributed by atoms with Crippen molar-refractivity contribution in [1.82, 2.24) is 0 Å². The van der Waals surface area contributed by atoms with E-state index in [1.165, 1.54) is 12.8 Å². The minimum Gasteiger partial charge on any atom is -0.481 e.